The average molecular weight is 326 g/mol. The van der Waals surface area contributed by atoms with Gasteiger partial charge in [-0.1, -0.05) is 41.0 Å². The van der Waals surface area contributed by atoms with Crippen molar-refractivity contribution >= 4 is 0 Å². The van der Waals surface area contributed by atoms with E-state index in [4.69, 9.17) is 9.47 Å². The van der Waals surface area contributed by atoms with Crippen molar-refractivity contribution in [2.75, 3.05) is 19.8 Å². The number of hydrogen-bond donors (Lipinski definition) is 0. The van der Waals surface area contributed by atoms with Crippen LogP contribution in [0.5, 0.6) is 0 Å². The molecule has 5 heteroatoms. The molecule has 0 aliphatic carbocycles. The molecule has 0 bridgehead atoms. The predicted molar refractivity (Wildman–Crippen MR) is 84.0 cm³/mol. The van der Waals surface area contributed by atoms with Gasteiger partial charge in [0.15, 0.2) is 0 Å². The molecule has 22 heavy (non-hydrogen) atoms. The van der Waals surface area contributed by atoms with Gasteiger partial charge in [-0.15, -0.1) is 0 Å². The van der Waals surface area contributed by atoms with Crippen molar-refractivity contribution in [2.45, 2.75) is 79.5 Å². The summed E-state index contributed by atoms with van der Waals surface area (Å²) in [7, 11) is 0. The van der Waals surface area contributed by atoms with E-state index in [1.54, 1.807) is 0 Å². The largest absolute Gasteiger partial charge is 0.411 e. The lowest BCUT2D eigenvalue weighted by molar-refractivity contribution is -0.186. The van der Waals surface area contributed by atoms with Gasteiger partial charge in [-0.3, -0.25) is 0 Å². The van der Waals surface area contributed by atoms with Gasteiger partial charge in [0.1, 0.15) is 6.61 Å². The highest BCUT2D eigenvalue weighted by Gasteiger charge is 2.36. The summed E-state index contributed by atoms with van der Waals surface area (Å²) in [5.41, 5.74) is -0.672. The minimum atomic E-state index is -4.29. The molecule has 0 aliphatic rings. The molecule has 0 saturated carbocycles. The monoisotopic (exact) mass is 326 g/mol. The molecule has 0 saturated heterocycles. The Morgan fingerprint density at radius 3 is 1.73 bits per heavy atom. The van der Waals surface area contributed by atoms with Crippen molar-refractivity contribution in [1.29, 1.82) is 0 Å². The maximum absolute atomic E-state index is 12.3. The lowest BCUT2D eigenvalue weighted by Gasteiger charge is -2.39. The van der Waals surface area contributed by atoms with Crippen LogP contribution in [0.3, 0.4) is 0 Å². The van der Waals surface area contributed by atoms with Crippen LogP contribution >= 0.6 is 0 Å². The maximum Gasteiger partial charge on any atom is 0.411 e. The molecule has 2 nitrogen and oxygen atoms in total. The molecular formula is C17H33F3O2. The van der Waals surface area contributed by atoms with Gasteiger partial charge in [0.2, 0.25) is 0 Å². The van der Waals surface area contributed by atoms with Crippen LogP contribution in [0.2, 0.25) is 0 Å². The zero-order valence-electron chi connectivity index (χ0n) is 15.2. The second-order valence-electron chi connectivity index (χ2n) is 8.02. The zero-order chi connectivity index (χ0) is 17.7. The van der Waals surface area contributed by atoms with Crippen molar-refractivity contribution in [1.82, 2.24) is 0 Å². The van der Waals surface area contributed by atoms with E-state index in [2.05, 4.69) is 20.8 Å². The van der Waals surface area contributed by atoms with Gasteiger partial charge in [-0.25, -0.2) is 0 Å². The van der Waals surface area contributed by atoms with Crippen LogP contribution < -0.4 is 0 Å². The average Bonchev–Trinajstić information content (AvgIpc) is 2.35. The molecule has 0 aromatic carbocycles. The molecule has 0 spiro atoms. The van der Waals surface area contributed by atoms with E-state index in [9.17, 15) is 13.2 Å². The Balaban J connectivity index is 4.82. The third-order valence-electron chi connectivity index (χ3n) is 4.24. The van der Waals surface area contributed by atoms with Gasteiger partial charge >= 0.3 is 6.18 Å². The lowest BCUT2D eigenvalue weighted by Crippen LogP contribution is -2.38. The standard InChI is InChI=1S/C17H33F3O2/c1-8-14(3,4)10-16(7,11-21-13-17(18,19)20)12-22-15(5,6)9-2/h8-13H2,1-7H3. The van der Waals surface area contributed by atoms with Gasteiger partial charge in [-0.2, -0.15) is 13.2 Å². The summed E-state index contributed by atoms with van der Waals surface area (Å²) in [4.78, 5) is 0. The van der Waals surface area contributed by atoms with Gasteiger partial charge in [0.05, 0.1) is 18.8 Å². The molecule has 0 aromatic heterocycles. The summed E-state index contributed by atoms with van der Waals surface area (Å²) < 4.78 is 47.8. The maximum atomic E-state index is 12.3. The number of hydrogen-bond acceptors (Lipinski definition) is 2. The van der Waals surface area contributed by atoms with Crippen molar-refractivity contribution in [2.24, 2.45) is 10.8 Å². The number of rotatable bonds is 10. The minimum absolute atomic E-state index is 0.0378. The summed E-state index contributed by atoms with van der Waals surface area (Å²) in [6, 6.07) is 0. The Hall–Kier alpha value is -0.290. The first-order valence-electron chi connectivity index (χ1n) is 8.03. The van der Waals surface area contributed by atoms with Gasteiger partial charge in [-0.05, 0) is 32.1 Å². The molecule has 134 valence electrons. The minimum Gasteiger partial charge on any atom is -0.375 e. The van der Waals surface area contributed by atoms with Crippen LogP contribution in [0.15, 0.2) is 0 Å². The summed E-state index contributed by atoms with van der Waals surface area (Å²) in [6.07, 6.45) is -1.72. The van der Waals surface area contributed by atoms with Gasteiger partial charge in [0, 0.05) is 5.41 Å². The van der Waals surface area contributed by atoms with Crippen LogP contribution in [0.4, 0.5) is 13.2 Å². The Morgan fingerprint density at radius 2 is 1.32 bits per heavy atom. The van der Waals surface area contributed by atoms with Crippen LogP contribution in [0.25, 0.3) is 0 Å². The van der Waals surface area contributed by atoms with Gasteiger partial charge < -0.3 is 9.47 Å². The molecule has 1 atom stereocenters. The fourth-order valence-corrected chi connectivity index (χ4v) is 2.31. The predicted octanol–water partition coefficient (Wildman–Crippen LogP) is 5.60. The number of halogens is 3. The highest BCUT2D eigenvalue weighted by atomic mass is 19.4. The summed E-state index contributed by atoms with van der Waals surface area (Å²) in [6.45, 7) is 13.6. The third-order valence-corrected chi connectivity index (χ3v) is 4.24. The fraction of sp³-hybridized carbons (Fsp3) is 1.00. The Morgan fingerprint density at radius 1 is 0.773 bits per heavy atom. The molecule has 0 rings (SSSR count). The van der Waals surface area contributed by atoms with E-state index >= 15 is 0 Å². The zero-order valence-corrected chi connectivity index (χ0v) is 15.2. The summed E-state index contributed by atoms with van der Waals surface area (Å²) >= 11 is 0. The van der Waals surface area contributed by atoms with Crippen molar-refractivity contribution in [3.63, 3.8) is 0 Å². The molecule has 0 heterocycles. The third kappa shape index (κ3) is 9.67. The molecule has 0 aromatic rings. The molecule has 1 unspecified atom stereocenters. The van der Waals surface area contributed by atoms with E-state index in [0.717, 1.165) is 19.3 Å². The van der Waals surface area contributed by atoms with E-state index in [1.165, 1.54) is 0 Å². The molecule has 0 radical (unpaired) electrons. The first kappa shape index (κ1) is 21.7. The Bertz CT molecular complexity index is 324. The quantitative estimate of drug-likeness (QED) is 0.520. The molecule has 0 fully saturated rings. The highest BCUT2D eigenvalue weighted by Crippen LogP contribution is 2.38. The molecule has 0 aliphatic heterocycles. The van der Waals surface area contributed by atoms with E-state index in [1.807, 2.05) is 27.7 Å². The molecular weight excluding hydrogens is 293 g/mol. The SMILES string of the molecule is CCC(C)(C)CC(C)(COCC(F)(F)F)COC(C)(C)CC. The van der Waals surface area contributed by atoms with Crippen molar-refractivity contribution < 1.29 is 22.6 Å². The normalized spacial score (nSPS) is 16.6. The second kappa shape index (κ2) is 8.00. The van der Waals surface area contributed by atoms with Crippen molar-refractivity contribution in [3.8, 4) is 0 Å². The Kier molecular flexibility index (Phi) is 7.90. The molecule has 0 N–H and O–H groups in total. The van der Waals surface area contributed by atoms with Crippen LogP contribution in [0.1, 0.15) is 67.7 Å². The topological polar surface area (TPSA) is 18.5 Å². The van der Waals surface area contributed by atoms with Crippen LogP contribution in [-0.4, -0.2) is 31.6 Å². The Labute approximate surface area is 133 Å². The smallest absolute Gasteiger partial charge is 0.375 e. The first-order chi connectivity index (χ1) is 9.74. The van der Waals surface area contributed by atoms with E-state index < -0.39 is 18.2 Å². The van der Waals surface area contributed by atoms with E-state index in [-0.39, 0.29) is 17.6 Å². The van der Waals surface area contributed by atoms with E-state index in [0.29, 0.717) is 6.61 Å². The highest BCUT2D eigenvalue weighted by molar-refractivity contribution is 4.83. The van der Waals surface area contributed by atoms with Crippen LogP contribution in [0, 0.1) is 10.8 Å². The van der Waals surface area contributed by atoms with Crippen LogP contribution in [-0.2, 0) is 9.47 Å². The van der Waals surface area contributed by atoms with Gasteiger partial charge in [0.25, 0.3) is 0 Å². The summed E-state index contributed by atoms with van der Waals surface area (Å²) in [5.74, 6) is 0. The summed E-state index contributed by atoms with van der Waals surface area (Å²) in [5, 5.41) is 0. The lowest BCUT2D eigenvalue weighted by atomic mass is 9.73. The number of ether oxygens (including phenoxy) is 2. The second-order valence-corrected chi connectivity index (χ2v) is 8.02. The fourth-order valence-electron chi connectivity index (χ4n) is 2.31. The first-order valence-corrected chi connectivity index (χ1v) is 8.03. The molecule has 0 amide bonds. The van der Waals surface area contributed by atoms with Crippen molar-refractivity contribution in [3.05, 3.63) is 0 Å². The number of alkyl halides is 3.